The topological polar surface area (TPSA) is 106 Å². The lowest BCUT2D eigenvalue weighted by Crippen LogP contribution is -2.26. The molecule has 33 heavy (non-hydrogen) atoms. The number of amides is 1. The normalized spacial score (nSPS) is 13.8. The monoisotopic (exact) mass is 459 g/mol. The maximum atomic E-state index is 13.3. The highest BCUT2D eigenvalue weighted by Gasteiger charge is 2.42. The summed E-state index contributed by atoms with van der Waals surface area (Å²) >= 11 is 0. The Labute approximate surface area is 186 Å². The van der Waals surface area contributed by atoms with Crippen molar-refractivity contribution in [2.45, 2.75) is 39.1 Å². The number of aromatic nitrogens is 4. The van der Waals surface area contributed by atoms with Crippen LogP contribution in [0.5, 0.6) is 0 Å². The fourth-order valence-electron chi connectivity index (χ4n) is 3.35. The molecule has 1 unspecified atom stereocenters. The third kappa shape index (κ3) is 4.44. The Balaban J connectivity index is 1.77. The summed E-state index contributed by atoms with van der Waals surface area (Å²) in [4.78, 5) is 16.9. The molecular weight excluding hydrogens is 439 g/mol. The maximum Gasteiger partial charge on any atom is 0.420 e. The number of carbonyl (C=O) groups excluding carboxylic acids is 1. The van der Waals surface area contributed by atoms with Crippen LogP contribution in [0.25, 0.3) is 16.6 Å². The first-order valence-electron chi connectivity index (χ1n) is 10.00. The number of aliphatic hydroxyl groups is 1. The van der Waals surface area contributed by atoms with Gasteiger partial charge in [0.25, 0.3) is 5.91 Å². The van der Waals surface area contributed by atoms with E-state index in [2.05, 4.69) is 20.6 Å². The van der Waals surface area contributed by atoms with Crippen LogP contribution in [-0.2, 0) is 0 Å². The van der Waals surface area contributed by atoms with E-state index in [-0.39, 0.29) is 22.4 Å². The highest BCUT2D eigenvalue weighted by atomic mass is 19.4. The first kappa shape index (κ1) is 22.5. The molecule has 8 nitrogen and oxygen atoms in total. The highest BCUT2D eigenvalue weighted by molar-refractivity contribution is 5.98. The van der Waals surface area contributed by atoms with E-state index in [0.29, 0.717) is 11.5 Å². The van der Waals surface area contributed by atoms with Crippen molar-refractivity contribution in [3.05, 3.63) is 71.0 Å². The van der Waals surface area contributed by atoms with Gasteiger partial charge in [-0.25, -0.2) is 4.68 Å². The van der Waals surface area contributed by atoms with Crippen LogP contribution in [0.15, 0.2) is 47.0 Å². The quantitative estimate of drug-likeness (QED) is 0.465. The van der Waals surface area contributed by atoms with E-state index in [4.69, 9.17) is 4.52 Å². The minimum atomic E-state index is -4.90. The molecule has 172 valence electrons. The molecular formula is C22H20F3N5O3. The van der Waals surface area contributed by atoms with Crippen LogP contribution < -0.4 is 5.32 Å². The van der Waals surface area contributed by atoms with E-state index in [1.54, 1.807) is 38.1 Å². The molecule has 4 rings (SSSR count). The van der Waals surface area contributed by atoms with Crippen LogP contribution in [0.3, 0.4) is 0 Å². The van der Waals surface area contributed by atoms with E-state index >= 15 is 0 Å². The molecule has 0 fully saturated rings. The zero-order valence-corrected chi connectivity index (χ0v) is 17.9. The molecule has 0 bridgehead atoms. The van der Waals surface area contributed by atoms with E-state index in [9.17, 15) is 23.1 Å². The molecule has 0 saturated heterocycles. The third-order valence-corrected chi connectivity index (χ3v) is 5.08. The predicted octanol–water partition coefficient (Wildman–Crippen LogP) is 4.11. The number of nitrogens with one attached hydrogen (secondary N) is 1. The fourth-order valence-corrected chi connectivity index (χ4v) is 3.35. The second-order valence-corrected chi connectivity index (χ2v) is 7.68. The lowest BCUT2D eigenvalue weighted by molar-refractivity contribution is -0.207. The average molecular weight is 459 g/mol. The first-order valence-corrected chi connectivity index (χ1v) is 10.00. The van der Waals surface area contributed by atoms with Gasteiger partial charge in [0.2, 0.25) is 5.89 Å². The van der Waals surface area contributed by atoms with Crippen molar-refractivity contribution in [2.75, 3.05) is 0 Å². The molecule has 0 aliphatic carbocycles. The number of alkyl halides is 3. The van der Waals surface area contributed by atoms with Gasteiger partial charge < -0.3 is 14.9 Å². The fraction of sp³-hybridized carbons (Fsp3) is 0.273. The summed E-state index contributed by atoms with van der Waals surface area (Å²) in [5, 5.41) is 20.4. The maximum absolute atomic E-state index is 13.3. The Morgan fingerprint density at radius 1 is 1.15 bits per heavy atom. The SMILES string of the molecule is Cc1ccc(-n2nc(C(O)C(F)(F)F)c3ccc(C(=O)N[C@H](C)c4nc(C)no4)cc32)cc1. The van der Waals surface area contributed by atoms with Gasteiger partial charge in [0.15, 0.2) is 11.9 Å². The van der Waals surface area contributed by atoms with Crippen molar-refractivity contribution >= 4 is 16.8 Å². The number of aryl methyl sites for hydroxylation is 2. The lowest BCUT2D eigenvalue weighted by Gasteiger charge is -2.12. The summed E-state index contributed by atoms with van der Waals surface area (Å²) in [6.45, 7) is 5.19. The largest absolute Gasteiger partial charge is 0.420 e. The number of fused-ring (bicyclic) bond motifs is 1. The molecule has 2 aromatic carbocycles. The Morgan fingerprint density at radius 2 is 1.85 bits per heavy atom. The van der Waals surface area contributed by atoms with Gasteiger partial charge in [-0.15, -0.1) is 0 Å². The standard InChI is InChI=1S/C22H20F3N5O3/c1-11-4-7-15(8-5-11)30-17-10-14(20(32)26-12(2)21-27-13(3)29-33-21)6-9-16(17)18(28-30)19(31)22(23,24)25/h4-10,12,19,31H,1-3H3,(H,26,32)/t12-,19?/m1/s1. The molecule has 0 radical (unpaired) electrons. The Bertz CT molecular complexity index is 1310. The predicted molar refractivity (Wildman–Crippen MR) is 112 cm³/mol. The van der Waals surface area contributed by atoms with Gasteiger partial charge in [-0.3, -0.25) is 4.79 Å². The van der Waals surface area contributed by atoms with Crippen LogP contribution in [0, 0.1) is 13.8 Å². The minimum absolute atomic E-state index is 0.0810. The number of hydrogen-bond donors (Lipinski definition) is 2. The summed E-state index contributed by atoms with van der Waals surface area (Å²) in [7, 11) is 0. The summed E-state index contributed by atoms with van der Waals surface area (Å²) in [6, 6.07) is 10.5. The number of aliphatic hydroxyl groups excluding tert-OH is 1. The summed E-state index contributed by atoms with van der Waals surface area (Å²) in [5.41, 5.74) is 1.33. The summed E-state index contributed by atoms with van der Waals surface area (Å²) in [6.07, 6.45) is -7.67. The molecule has 4 aromatic rings. The molecule has 2 atom stereocenters. The molecule has 2 N–H and O–H groups in total. The van der Waals surface area contributed by atoms with Crippen LogP contribution in [-0.4, -0.2) is 37.1 Å². The van der Waals surface area contributed by atoms with E-state index < -0.39 is 29.9 Å². The smallest absolute Gasteiger partial charge is 0.378 e. The van der Waals surface area contributed by atoms with Gasteiger partial charge in [-0.1, -0.05) is 28.9 Å². The molecule has 0 aliphatic rings. The molecule has 0 spiro atoms. The van der Waals surface area contributed by atoms with Gasteiger partial charge in [0, 0.05) is 10.9 Å². The molecule has 0 saturated carbocycles. The van der Waals surface area contributed by atoms with Crippen LogP contribution >= 0.6 is 0 Å². The third-order valence-electron chi connectivity index (χ3n) is 5.08. The average Bonchev–Trinajstić information content (AvgIpc) is 3.36. The number of nitrogens with zero attached hydrogens (tertiary/aromatic N) is 4. The summed E-state index contributed by atoms with van der Waals surface area (Å²) < 4.78 is 46.1. The van der Waals surface area contributed by atoms with Gasteiger partial charge in [-0.2, -0.15) is 23.3 Å². The number of benzene rings is 2. The zero-order chi connectivity index (χ0) is 23.9. The van der Waals surface area contributed by atoms with E-state index in [0.717, 1.165) is 5.56 Å². The number of carbonyl (C=O) groups is 1. The van der Waals surface area contributed by atoms with Crippen molar-refractivity contribution in [3.63, 3.8) is 0 Å². The second-order valence-electron chi connectivity index (χ2n) is 7.68. The number of rotatable bonds is 5. The zero-order valence-electron chi connectivity index (χ0n) is 17.9. The molecule has 2 aromatic heterocycles. The molecule has 0 aliphatic heterocycles. The van der Waals surface area contributed by atoms with Gasteiger partial charge in [0.1, 0.15) is 11.7 Å². The Kier molecular flexibility index (Phi) is 5.66. The van der Waals surface area contributed by atoms with E-state index in [1.165, 1.54) is 22.9 Å². The van der Waals surface area contributed by atoms with Gasteiger partial charge in [0.05, 0.1) is 11.2 Å². The highest BCUT2D eigenvalue weighted by Crippen LogP contribution is 2.36. The second kappa shape index (κ2) is 8.32. The van der Waals surface area contributed by atoms with Gasteiger partial charge in [-0.05, 0) is 45.0 Å². The molecule has 1 amide bonds. The molecule has 11 heteroatoms. The first-order chi connectivity index (χ1) is 15.5. The van der Waals surface area contributed by atoms with Crippen LogP contribution in [0.2, 0.25) is 0 Å². The van der Waals surface area contributed by atoms with Crippen LogP contribution in [0.1, 0.15) is 52.4 Å². The van der Waals surface area contributed by atoms with E-state index in [1.807, 2.05) is 6.92 Å². The number of hydrogen-bond acceptors (Lipinski definition) is 6. The van der Waals surface area contributed by atoms with Crippen LogP contribution in [0.4, 0.5) is 13.2 Å². The van der Waals surface area contributed by atoms with Crippen molar-refractivity contribution < 1.29 is 27.6 Å². The Morgan fingerprint density at radius 3 is 2.45 bits per heavy atom. The van der Waals surface area contributed by atoms with Crippen molar-refractivity contribution in [1.29, 1.82) is 0 Å². The van der Waals surface area contributed by atoms with Crippen molar-refractivity contribution in [1.82, 2.24) is 25.2 Å². The minimum Gasteiger partial charge on any atom is -0.378 e. The van der Waals surface area contributed by atoms with Crippen molar-refractivity contribution in [2.24, 2.45) is 0 Å². The summed E-state index contributed by atoms with van der Waals surface area (Å²) in [5.74, 6) is 0.155. The number of halogens is 3. The Hall–Kier alpha value is -3.73. The van der Waals surface area contributed by atoms with Gasteiger partial charge >= 0.3 is 6.18 Å². The van der Waals surface area contributed by atoms with Crippen molar-refractivity contribution in [3.8, 4) is 5.69 Å². The lowest BCUT2D eigenvalue weighted by atomic mass is 10.1. The molecule has 2 heterocycles.